The molecule has 0 unspecified atom stereocenters. The number of hydrogen-bond donors (Lipinski definition) is 1. The molecule has 0 atom stereocenters. The molecule has 0 radical (unpaired) electrons. The van der Waals surface area contributed by atoms with Crippen LogP contribution in [0.2, 0.25) is 0 Å². The molecule has 92 valence electrons. The standard InChI is InChI=1S/C11H20N2O2S/c12-11(3-1-2-4-11)9-10(14)13-5-7-16(15)8-6-13/h1-9,12H2. The highest BCUT2D eigenvalue weighted by Gasteiger charge is 2.33. The SMILES string of the molecule is NC1(CC(=O)N2CCS(=O)CC2)CCCC1. The zero-order chi connectivity index (χ0) is 11.6. The summed E-state index contributed by atoms with van der Waals surface area (Å²) in [5, 5.41) is 0. The summed E-state index contributed by atoms with van der Waals surface area (Å²) >= 11 is 0. The zero-order valence-electron chi connectivity index (χ0n) is 9.61. The van der Waals surface area contributed by atoms with Crippen LogP contribution in [0.15, 0.2) is 0 Å². The molecule has 2 fully saturated rings. The number of nitrogens with zero attached hydrogens (tertiary/aromatic N) is 1. The van der Waals surface area contributed by atoms with Gasteiger partial charge in [-0.3, -0.25) is 9.00 Å². The van der Waals surface area contributed by atoms with Gasteiger partial charge in [0.25, 0.3) is 0 Å². The molecule has 2 aliphatic rings. The molecule has 1 amide bonds. The van der Waals surface area contributed by atoms with Crippen LogP contribution in [0.5, 0.6) is 0 Å². The summed E-state index contributed by atoms with van der Waals surface area (Å²) in [4.78, 5) is 13.8. The fourth-order valence-corrected chi connectivity index (χ4v) is 3.61. The van der Waals surface area contributed by atoms with E-state index < -0.39 is 10.8 Å². The molecule has 0 aromatic heterocycles. The van der Waals surface area contributed by atoms with Gasteiger partial charge in [0, 0.05) is 47.4 Å². The summed E-state index contributed by atoms with van der Waals surface area (Å²) in [6, 6.07) is 0. The minimum absolute atomic E-state index is 0.154. The van der Waals surface area contributed by atoms with Crippen molar-refractivity contribution < 1.29 is 9.00 Å². The van der Waals surface area contributed by atoms with E-state index in [0.717, 1.165) is 25.7 Å². The Hall–Kier alpha value is -0.420. The first-order valence-corrected chi connectivity index (χ1v) is 7.50. The van der Waals surface area contributed by atoms with E-state index >= 15 is 0 Å². The summed E-state index contributed by atoms with van der Waals surface area (Å²) in [5.74, 6) is 1.41. The van der Waals surface area contributed by atoms with Crippen LogP contribution in [0.4, 0.5) is 0 Å². The van der Waals surface area contributed by atoms with Gasteiger partial charge in [-0.15, -0.1) is 0 Å². The summed E-state index contributed by atoms with van der Waals surface area (Å²) in [5.41, 5.74) is 5.93. The lowest BCUT2D eigenvalue weighted by Gasteiger charge is -2.30. The molecule has 1 saturated carbocycles. The normalized spacial score (nSPS) is 25.9. The van der Waals surface area contributed by atoms with Crippen LogP contribution >= 0.6 is 0 Å². The van der Waals surface area contributed by atoms with E-state index in [2.05, 4.69) is 0 Å². The Kier molecular flexibility index (Phi) is 3.64. The monoisotopic (exact) mass is 244 g/mol. The Bertz CT molecular complexity index is 290. The van der Waals surface area contributed by atoms with E-state index in [4.69, 9.17) is 5.73 Å². The van der Waals surface area contributed by atoms with Gasteiger partial charge in [-0.05, 0) is 12.8 Å². The first kappa shape index (κ1) is 12.0. The van der Waals surface area contributed by atoms with Crippen molar-refractivity contribution >= 4 is 16.7 Å². The number of hydrogen-bond acceptors (Lipinski definition) is 3. The maximum atomic E-state index is 12.0. The number of amides is 1. The molecule has 4 nitrogen and oxygen atoms in total. The molecular weight excluding hydrogens is 224 g/mol. The Labute approximate surface area is 99.0 Å². The van der Waals surface area contributed by atoms with Gasteiger partial charge in [0.15, 0.2) is 0 Å². The van der Waals surface area contributed by atoms with Gasteiger partial charge in [0.05, 0.1) is 0 Å². The average Bonchev–Trinajstić information content (AvgIpc) is 2.65. The van der Waals surface area contributed by atoms with Crippen molar-refractivity contribution in [1.29, 1.82) is 0 Å². The van der Waals surface area contributed by atoms with E-state index in [-0.39, 0.29) is 11.4 Å². The van der Waals surface area contributed by atoms with Crippen LogP contribution in [0.3, 0.4) is 0 Å². The molecule has 1 heterocycles. The third-order valence-corrected chi connectivity index (χ3v) is 4.91. The van der Waals surface area contributed by atoms with E-state index in [1.807, 2.05) is 4.90 Å². The van der Waals surface area contributed by atoms with E-state index in [0.29, 0.717) is 31.0 Å². The number of rotatable bonds is 2. The van der Waals surface area contributed by atoms with Crippen molar-refractivity contribution in [1.82, 2.24) is 4.90 Å². The molecule has 2 rings (SSSR count). The minimum atomic E-state index is -0.717. The van der Waals surface area contributed by atoms with Crippen molar-refractivity contribution in [2.45, 2.75) is 37.6 Å². The fraction of sp³-hybridized carbons (Fsp3) is 0.909. The van der Waals surface area contributed by atoms with Gasteiger partial charge in [-0.25, -0.2) is 0 Å². The minimum Gasteiger partial charge on any atom is -0.341 e. The van der Waals surface area contributed by atoms with Gasteiger partial charge in [0.1, 0.15) is 0 Å². The lowest BCUT2D eigenvalue weighted by molar-refractivity contribution is -0.132. The molecular formula is C11H20N2O2S. The first-order chi connectivity index (χ1) is 7.59. The largest absolute Gasteiger partial charge is 0.341 e. The van der Waals surface area contributed by atoms with Gasteiger partial charge >= 0.3 is 0 Å². The Morgan fingerprint density at radius 2 is 1.81 bits per heavy atom. The lowest BCUT2D eigenvalue weighted by atomic mass is 9.94. The van der Waals surface area contributed by atoms with Crippen LogP contribution in [0.25, 0.3) is 0 Å². The quantitative estimate of drug-likeness (QED) is 0.757. The topological polar surface area (TPSA) is 63.4 Å². The van der Waals surface area contributed by atoms with Gasteiger partial charge in [-0.2, -0.15) is 0 Å². The van der Waals surface area contributed by atoms with Crippen LogP contribution < -0.4 is 5.73 Å². The first-order valence-electron chi connectivity index (χ1n) is 6.01. The molecule has 16 heavy (non-hydrogen) atoms. The molecule has 0 aromatic rings. The second-order valence-electron chi connectivity index (χ2n) is 4.98. The highest BCUT2D eigenvalue weighted by atomic mass is 32.2. The number of carbonyl (C=O) groups excluding carboxylic acids is 1. The van der Waals surface area contributed by atoms with Crippen LogP contribution in [-0.2, 0) is 15.6 Å². The Balaban J connectivity index is 1.85. The second kappa shape index (κ2) is 4.84. The summed E-state index contributed by atoms with van der Waals surface area (Å²) < 4.78 is 11.2. The second-order valence-corrected chi connectivity index (χ2v) is 6.67. The van der Waals surface area contributed by atoms with Crippen LogP contribution in [0.1, 0.15) is 32.1 Å². The zero-order valence-corrected chi connectivity index (χ0v) is 10.4. The average molecular weight is 244 g/mol. The highest BCUT2D eigenvalue weighted by molar-refractivity contribution is 7.85. The third kappa shape index (κ3) is 2.83. The predicted molar refractivity (Wildman–Crippen MR) is 64.5 cm³/mol. The van der Waals surface area contributed by atoms with Crippen molar-refractivity contribution in [3.05, 3.63) is 0 Å². The molecule has 2 N–H and O–H groups in total. The van der Waals surface area contributed by atoms with Crippen molar-refractivity contribution in [2.75, 3.05) is 24.6 Å². The molecule has 0 aromatic carbocycles. The Morgan fingerprint density at radius 3 is 2.38 bits per heavy atom. The van der Waals surface area contributed by atoms with Crippen molar-refractivity contribution in [3.63, 3.8) is 0 Å². The van der Waals surface area contributed by atoms with Gasteiger partial charge in [-0.1, -0.05) is 12.8 Å². The lowest BCUT2D eigenvalue weighted by Crippen LogP contribution is -2.47. The van der Waals surface area contributed by atoms with Crippen molar-refractivity contribution in [3.8, 4) is 0 Å². The molecule has 1 saturated heterocycles. The Morgan fingerprint density at radius 1 is 1.25 bits per heavy atom. The van der Waals surface area contributed by atoms with Crippen LogP contribution in [-0.4, -0.2) is 45.2 Å². The maximum absolute atomic E-state index is 12.0. The molecule has 1 aliphatic carbocycles. The molecule has 5 heteroatoms. The third-order valence-electron chi connectivity index (χ3n) is 3.63. The number of nitrogens with two attached hydrogens (primary N) is 1. The highest BCUT2D eigenvalue weighted by Crippen LogP contribution is 2.30. The van der Waals surface area contributed by atoms with Crippen LogP contribution in [0, 0.1) is 0 Å². The summed E-state index contributed by atoms with van der Waals surface area (Å²) in [6.07, 6.45) is 4.71. The molecule has 0 spiro atoms. The smallest absolute Gasteiger partial charge is 0.224 e. The van der Waals surface area contributed by atoms with Gasteiger partial charge < -0.3 is 10.6 Å². The number of carbonyl (C=O) groups is 1. The summed E-state index contributed by atoms with van der Waals surface area (Å²) in [6.45, 7) is 1.28. The summed E-state index contributed by atoms with van der Waals surface area (Å²) in [7, 11) is -0.717. The molecule has 0 bridgehead atoms. The molecule has 1 aliphatic heterocycles. The predicted octanol–water partition coefficient (Wildman–Crippen LogP) is 0.239. The van der Waals surface area contributed by atoms with E-state index in [1.54, 1.807) is 0 Å². The maximum Gasteiger partial charge on any atom is 0.224 e. The van der Waals surface area contributed by atoms with Gasteiger partial charge in [0.2, 0.25) is 5.91 Å². The van der Waals surface area contributed by atoms with E-state index in [9.17, 15) is 9.00 Å². The van der Waals surface area contributed by atoms with E-state index in [1.165, 1.54) is 0 Å². The van der Waals surface area contributed by atoms with Crippen molar-refractivity contribution in [2.24, 2.45) is 5.73 Å². The fourth-order valence-electron chi connectivity index (χ4n) is 2.56.